The topological polar surface area (TPSA) is 60.9 Å². The molecular formula is C13H25N3O3S. The fraction of sp³-hybridized carbons (Fsp3) is 0.923. The van der Waals surface area contributed by atoms with Crippen molar-refractivity contribution in [2.24, 2.45) is 0 Å². The van der Waals surface area contributed by atoms with E-state index in [1.165, 1.54) is 0 Å². The molecule has 1 unspecified atom stereocenters. The molecule has 2 rings (SSSR count). The Morgan fingerprint density at radius 3 is 2.45 bits per heavy atom. The van der Waals surface area contributed by atoms with Crippen molar-refractivity contribution in [3.63, 3.8) is 0 Å². The third-order valence-electron chi connectivity index (χ3n) is 4.39. The number of hydrogen-bond donors (Lipinski definition) is 0. The van der Waals surface area contributed by atoms with Crippen molar-refractivity contribution in [3.8, 4) is 0 Å². The predicted molar refractivity (Wildman–Crippen MR) is 78.4 cm³/mol. The molecule has 2 heterocycles. The minimum atomic E-state index is -2.93. The molecule has 0 N–H and O–H groups in total. The van der Waals surface area contributed by atoms with Crippen LogP contribution in [0, 0.1) is 0 Å². The first-order valence-corrected chi connectivity index (χ1v) is 9.06. The summed E-state index contributed by atoms with van der Waals surface area (Å²) in [5.74, 6) is 0.406. The van der Waals surface area contributed by atoms with Crippen LogP contribution in [0.1, 0.15) is 12.8 Å². The van der Waals surface area contributed by atoms with Crippen LogP contribution in [0.3, 0.4) is 0 Å². The normalized spacial score (nSPS) is 27.6. The molecule has 0 saturated carbocycles. The summed E-state index contributed by atoms with van der Waals surface area (Å²) >= 11 is 0. The summed E-state index contributed by atoms with van der Waals surface area (Å²) in [6.45, 7) is 4.88. The second-order valence-corrected chi connectivity index (χ2v) is 8.19. The number of hydrogen-bond acceptors (Lipinski definition) is 5. The molecule has 0 aromatic carbocycles. The Bertz CT molecular complexity index is 444. The van der Waals surface area contributed by atoms with E-state index in [9.17, 15) is 13.2 Å². The highest BCUT2D eigenvalue weighted by Crippen LogP contribution is 2.17. The first-order chi connectivity index (χ1) is 9.37. The summed E-state index contributed by atoms with van der Waals surface area (Å²) < 4.78 is 22.9. The summed E-state index contributed by atoms with van der Waals surface area (Å²) in [5.41, 5.74) is 0. The zero-order valence-electron chi connectivity index (χ0n) is 12.4. The van der Waals surface area contributed by atoms with Gasteiger partial charge in [0.2, 0.25) is 5.91 Å². The van der Waals surface area contributed by atoms with E-state index in [2.05, 4.69) is 16.8 Å². The molecule has 7 heteroatoms. The number of rotatable bonds is 4. The van der Waals surface area contributed by atoms with Gasteiger partial charge < -0.3 is 14.7 Å². The number of carbonyl (C=O) groups is 1. The maximum atomic E-state index is 12.1. The Morgan fingerprint density at radius 2 is 1.90 bits per heavy atom. The average molecular weight is 303 g/mol. The molecular weight excluding hydrogens is 278 g/mol. The molecule has 0 radical (unpaired) electrons. The number of piperazine rings is 1. The van der Waals surface area contributed by atoms with Crippen molar-refractivity contribution >= 4 is 15.7 Å². The lowest BCUT2D eigenvalue weighted by Gasteiger charge is -2.32. The second-order valence-electron chi connectivity index (χ2n) is 5.96. The minimum absolute atomic E-state index is 0.0611. The Kier molecular flexibility index (Phi) is 5.04. The van der Waals surface area contributed by atoms with Crippen LogP contribution in [0.25, 0.3) is 0 Å². The van der Waals surface area contributed by atoms with E-state index < -0.39 is 9.84 Å². The van der Waals surface area contributed by atoms with Gasteiger partial charge in [-0.25, -0.2) is 8.42 Å². The van der Waals surface area contributed by atoms with Gasteiger partial charge in [0.15, 0.2) is 9.84 Å². The van der Waals surface area contributed by atoms with E-state index >= 15 is 0 Å². The molecule has 2 aliphatic rings. The third-order valence-corrected chi connectivity index (χ3v) is 6.14. The van der Waals surface area contributed by atoms with Gasteiger partial charge in [0.1, 0.15) is 0 Å². The van der Waals surface area contributed by atoms with E-state index in [1.54, 1.807) is 11.9 Å². The molecule has 116 valence electrons. The number of carbonyl (C=O) groups excluding carboxylic acids is 1. The van der Waals surface area contributed by atoms with Crippen molar-refractivity contribution in [3.05, 3.63) is 0 Å². The minimum Gasteiger partial charge on any atom is -0.342 e. The summed E-state index contributed by atoms with van der Waals surface area (Å²) in [7, 11) is 0.917. The third kappa shape index (κ3) is 4.17. The lowest BCUT2D eigenvalue weighted by molar-refractivity contribution is -0.131. The van der Waals surface area contributed by atoms with E-state index in [1.807, 2.05) is 0 Å². The molecule has 2 fully saturated rings. The fourth-order valence-corrected chi connectivity index (χ4v) is 4.56. The van der Waals surface area contributed by atoms with E-state index in [0.29, 0.717) is 12.8 Å². The maximum absolute atomic E-state index is 12.1. The molecule has 0 bridgehead atoms. The molecule has 1 amide bonds. The van der Waals surface area contributed by atoms with Crippen LogP contribution in [0.5, 0.6) is 0 Å². The molecule has 20 heavy (non-hydrogen) atoms. The summed E-state index contributed by atoms with van der Waals surface area (Å²) in [6.07, 6.45) is 1.07. The van der Waals surface area contributed by atoms with Gasteiger partial charge in [-0.3, -0.25) is 4.79 Å². The highest BCUT2D eigenvalue weighted by molar-refractivity contribution is 7.91. The maximum Gasteiger partial charge on any atom is 0.223 e. The van der Waals surface area contributed by atoms with Gasteiger partial charge in [0.05, 0.1) is 11.5 Å². The lowest BCUT2D eigenvalue weighted by Crippen LogP contribution is -2.46. The Labute approximate surface area is 121 Å². The summed E-state index contributed by atoms with van der Waals surface area (Å²) in [5, 5.41) is 0. The second kappa shape index (κ2) is 6.41. The van der Waals surface area contributed by atoms with Crippen LogP contribution in [0.15, 0.2) is 0 Å². The van der Waals surface area contributed by atoms with E-state index in [0.717, 1.165) is 32.7 Å². The molecule has 1 atom stereocenters. The molecule has 6 nitrogen and oxygen atoms in total. The SMILES string of the molecule is CN1CCN(CCC(=O)N(C)C2CCS(=O)(=O)C2)CC1. The van der Waals surface area contributed by atoms with Gasteiger partial charge in [0.25, 0.3) is 0 Å². The van der Waals surface area contributed by atoms with Gasteiger partial charge >= 0.3 is 0 Å². The smallest absolute Gasteiger partial charge is 0.223 e. The first kappa shape index (κ1) is 15.7. The molecule has 0 spiro atoms. The van der Waals surface area contributed by atoms with Crippen molar-refractivity contribution < 1.29 is 13.2 Å². The number of likely N-dealkylation sites (N-methyl/N-ethyl adjacent to an activating group) is 1. The number of sulfone groups is 1. The summed E-state index contributed by atoms with van der Waals surface area (Å²) in [6, 6.07) is -0.125. The van der Waals surface area contributed by atoms with Crippen molar-refractivity contribution in [1.82, 2.24) is 14.7 Å². The average Bonchev–Trinajstić information content (AvgIpc) is 2.77. The number of amides is 1. The van der Waals surface area contributed by atoms with Gasteiger partial charge in [-0.05, 0) is 13.5 Å². The molecule has 2 aliphatic heterocycles. The molecule has 0 aromatic rings. The standard InChI is InChI=1S/C13H25N3O3S/c1-14-6-8-16(9-7-14)5-3-13(17)15(2)12-4-10-20(18,19)11-12/h12H,3-11H2,1-2H3. The lowest BCUT2D eigenvalue weighted by atomic mass is 10.2. The summed E-state index contributed by atoms with van der Waals surface area (Å²) in [4.78, 5) is 18.4. The van der Waals surface area contributed by atoms with Crippen LogP contribution in [-0.4, -0.2) is 93.4 Å². The highest BCUT2D eigenvalue weighted by atomic mass is 32.2. The monoisotopic (exact) mass is 303 g/mol. The van der Waals surface area contributed by atoms with Crippen LogP contribution >= 0.6 is 0 Å². The zero-order valence-corrected chi connectivity index (χ0v) is 13.2. The van der Waals surface area contributed by atoms with Gasteiger partial charge in [-0.15, -0.1) is 0 Å². The largest absolute Gasteiger partial charge is 0.342 e. The first-order valence-electron chi connectivity index (χ1n) is 7.24. The molecule has 0 aliphatic carbocycles. The van der Waals surface area contributed by atoms with Crippen molar-refractivity contribution in [2.75, 3.05) is 58.3 Å². The fourth-order valence-electron chi connectivity index (χ4n) is 2.79. The highest BCUT2D eigenvalue weighted by Gasteiger charge is 2.32. The van der Waals surface area contributed by atoms with Gasteiger partial charge in [-0.2, -0.15) is 0 Å². The van der Waals surface area contributed by atoms with E-state index in [-0.39, 0.29) is 23.5 Å². The van der Waals surface area contributed by atoms with Crippen LogP contribution in [0.4, 0.5) is 0 Å². The van der Waals surface area contributed by atoms with Crippen LogP contribution in [-0.2, 0) is 14.6 Å². The number of nitrogens with zero attached hydrogens (tertiary/aromatic N) is 3. The zero-order chi connectivity index (χ0) is 14.8. The van der Waals surface area contributed by atoms with Crippen LogP contribution in [0.2, 0.25) is 0 Å². The van der Waals surface area contributed by atoms with Gasteiger partial charge in [0, 0.05) is 52.2 Å². The Balaban J connectivity index is 1.74. The Hall–Kier alpha value is -0.660. The molecule has 0 aromatic heterocycles. The van der Waals surface area contributed by atoms with Crippen molar-refractivity contribution in [1.29, 1.82) is 0 Å². The molecule has 2 saturated heterocycles. The van der Waals surface area contributed by atoms with Gasteiger partial charge in [-0.1, -0.05) is 0 Å². The van der Waals surface area contributed by atoms with Crippen molar-refractivity contribution in [2.45, 2.75) is 18.9 Å². The quantitative estimate of drug-likeness (QED) is 0.685. The Morgan fingerprint density at radius 1 is 1.25 bits per heavy atom. The predicted octanol–water partition coefficient (Wildman–Crippen LogP) is -0.731. The van der Waals surface area contributed by atoms with E-state index in [4.69, 9.17) is 0 Å². The van der Waals surface area contributed by atoms with Crippen LogP contribution < -0.4 is 0 Å².